The van der Waals surface area contributed by atoms with Crippen LogP contribution in [0.25, 0.3) is 0 Å². The van der Waals surface area contributed by atoms with E-state index < -0.39 is 18.0 Å². The Morgan fingerprint density at radius 3 is 2.07 bits per heavy atom. The third-order valence-corrected chi connectivity index (χ3v) is 6.88. The number of hydrogen-bond donors (Lipinski definition) is 5. The van der Waals surface area contributed by atoms with E-state index in [1.165, 1.54) is 4.90 Å². The van der Waals surface area contributed by atoms with Crippen LogP contribution in [-0.4, -0.2) is 70.7 Å². The third-order valence-electron chi connectivity index (χ3n) is 6.88. The van der Waals surface area contributed by atoms with Crippen LogP contribution in [0, 0.1) is 13.8 Å². The van der Waals surface area contributed by atoms with Gasteiger partial charge in [0.2, 0.25) is 17.7 Å². The molecular formula is C30H42N8O3. The van der Waals surface area contributed by atoms with Gasteiger partial charge in [-0.2, -0.15) is 5.10 Å². The standard InChI is InChI=1S/C30H42N8O3/c1-21-28(22(2)38(36-21)20-24-11-7-4-8-12-24)35-30(41)26(14-13-23-9-5-3-6-10-23)34-29(40)25(33)19-27(39)37(17-15-31)18-16-32/h3-12,25-26H,13-20,31-33H2,1-2H3,(H,34,40)(H,35,41)/t25-,26-/m0/s1. The Kier molecular flexibility index (Phi) is 12.0. The highest BCUT2D eigenvalue weighted by molar-refractivity contribution is 5.99. The number of carbonyl (C=O) groups is 3. The minimum atomic E-state index is -1.13. The first-order chi connectivity index (χ1) is 19.7. The number of aromatic nitrogens is 2. The van der Waals surface area contributed by atoms with Crippen molar-refractivity contribution in [2.75, 3.05) is 31.5 Å². The molecule has 2 aromatic carbocycles. The highest BCUT2D eigenvalue weighted by atomic mass is 16.2. The van der Waals surface area contributed by atoms with Gasteiger partial charge in [0.25, 0.3) is 0 Å². The number of rotatable bonds is 15. The van der Waals surface area contributed by atoms with Crippen molar-refractivity contribution >= 4 is 23.4 Å². The van der Waals surface area contributed by atoms with Crippen molar-refractivity contribution in [2.45, 2.75) is 51.7 Å². The molecule has 0 spiro atoms. The Hall–Kier alpha value is -4.06. The number of nitrogens with one attached hydrogen (secondary N) is 2. The molecule has 11 heteroatoms. The van der Waals surface area contributed by atoms with Crippen molar-refractivity contribution in [2.24, 2.45) is 17.2 Å². The van der Waals surface area contributed by atoms with Crippen LogP contribution in [0.3, 0.4) is 0 Å². The summed E-state index contributed by atoms with van der Waals surface area (Å²) >= 11 is 0. The summed E-state index contributed by atoms with van der Waals surface area (Å²) in [7, 11) is 0. The fourth-order valence-electron chi connectivity index (χ4n) is 4.58. The lowest BCUT2D eigenvalue weighted by molar-refractivity contribution is -0.134. The largest absolute Gasteiger partial charge is 0.343 e. The van der Waals surface area contributed by atoms with Gasteiger partial charge in [0.1, 0.15) is 6.04 Å². The minimum Gasteiger partial charge on any atom is -0.343 e. The number of nitrogens with zero attached hydrogens (tertiary/aromatic N) is 3. The van der Waals surface area contributed by atoms with Crippen molar-refractivity contribution < 1.29 is 14.4 Å². The number of amides is 3. The van der Waals surface area contributed by atoms with E-state index in [4.69, 9.17) is 17.2 Å². The molecule has 0 saturated carbocycles. The molecule has 0 saturated heterocycles. The highest BCUT2D eigenvalue weighted by Gasteiger charge is 2.27. The van der Waals surface area contributed by atoms with Gasteiger partial charge in [-0.1, -0.05) is 60.7 Å². The molecule has 41 heavy (non-hydrogen) atoms. The van der Waals surface area contributed by atoms with Crippen molar-refractivity contribution in [3.8, 4) is 0 Å². The van der Waals surface area contributed by atoms with Crippen LogP contribution < -0.4 is 27.8 Å². The van der Waals surface area contributed by atoms with Crippen LogP contribution in [-0.2, 0) is 27.3 Å². The van der Waals surface area contributed by atoms with E-state index >= 15 is 0 Å². The highest BCUT2D eigenvalue weighted by Crippen LogP contribution is 2.21. The number of hydrogen-bond acceptors (Lipinski definition) is 7. The average molecular weight is 563 g/mol. The molecule has 8 N–H and O–H groups in total. The van der Waals surface area contributed by atoms with Crippen LogP contribution in [0.5, 0.6) is 0 Å². The van der Waals surface area contributed by atoms with Crippen LogP contribution in [0.1, 0.15) is 35.4 Å². The zero-order valence-electron chi connectivity index (χ0n) is 23.9. The fraction of sp³-hybridized carbons (Fsp3) is 0.400. The van der Waals surface area contributed by atoms with E-state index in [9.17, 15) is 14.4 Å². The van der Waals surface area contributed by atoms with Gasteiger partial charge in [-0.25, -0.2) is 0 Å². The summed E-state index contributed by atoms with van der Waals surface area (Å²) in [6, 6.07) is 17.6. The predicted octanol–water partition coefficient (Wildman–Crippen LogP) is 1.07. The number of anilines is 1. The average Bonchev–Trinajstić information content (AvgIpc) is 3.23. The molecule has 1 aromatic heterocycles. The molecule has 220 valence electrons. The van der Waals surface area contributed by atoms with Crippen LogP contribution in [0.4, 0.5) is 5.69 Å². The zero-order chi connectivity index (χ0) is 29.8. The van der Waals surface area contributed by atoms with Gasteiger partial charge in [-0.15, -0.1) is 0 Å². The second-order valence-corrected chi connectivity index (χ2v) is 10.0. The third kappa shape index (κ3) is 9.24. The molecule has 0 fully saturated rings. The van der Waals surface area contributed by atoms with Gasteiger partial charge >= 0.3 is 0 Å². The lowest BCUT2D eigenvalue weighted by Gasteiger charge is -2.24. The maximum atomic E-state index is 13.6. The Morgan fingerprint density at radius 1 is 0.902 bits per heavy atom. The zero-order valence-corrected chi connectivity index (χ0v) is 23.9. The fourth-order valence-corrected chi connectivity index (χ4v) is 4.58. The Bertz CT molecular complexity index is 1270. The van der Waals surface area contributed by atoms with E-state index in [-0.39, 0.29) is 31.3 Å². The summed E-state index contributed by atoms with van der Waals surface area (Å²) in [5.41, 5.74) is 21.5. The minimum absolute atomic E-state index is 0.219. The first-order valence-electron chi connectivity index (χ1n) is 13.9. The molecule has 0 radical (unpaired) electrons. The SMILES string of the molecule is Cc1nn(Cc2ccccc2)c(C)c1NC(=O)[C@H](CCc1ccccc1)NC(=O)[C@@H](N)CC(=O)N(CCN)CCN. The van der Waals surface area contributed by atoms with E-state index in [1.54, 1.807) is 0 Å². The molecule has 3 rings (SSSR count). The molecule has 11 nitrogen and oxygen atoms in total. The van der Waals surface area contributed by atoms with Crippen molar-refractivity contribution in [3.63, 3.8) is 0 Å². The molecular weight excluding hydrogens is 520 g/mol. The number of nitrogens with two attached hydrogens (primary N) is 3. The monoisotopic (exact) mass is 562 g/mol. The summed E-state index contributed by atoms with van der Waals surface area (Å²) in [5, 5.41) is 10.4. The van der Waals surface area contributed by atoms with E-state index in [2.05, 4.69) is 15.7 Å². The summed E-state index contributed by atoms with van der Waals surface area (Å²) in [6.45, 7) is 5.48. The lowest BCUT2D eigenvalue weighted by atomic mass is 10.0. The quantitative estimate of drug-likeness (QED) is 0.184. The van der Waals surface area contributed by atoms with E-state index in [1.807, 2.05) is 79.2 Å². The second-order valence-electron chi connectivity index (χ2n) is 10.0. The summed E-state index contributed by atoms with van der Waals surface area (Å²) in [6.07, 6.45) is 0.674. The smallest absolute Gasteiger partial charge is 0.247 e. The van der Waals surface area contributed by atoms with Gasteiger partial charge in [0, 0.05) is 26.2 Å². The van der Waals surface area contributed by atoms with Gasteiger partial charge < -0.3 is 32.7 Å². The number of aryl methyl sites for hydroxylation is 2. The molecule has 1 heterocycles. The van der Waals surface area contributed by atoms with Gasteiger partial charge in [-0.3, -0.25) is 19.1 Å². The Balaban J connectivity index is 1.73. The molecule has 0 aliphatic carbocycles. The number of carbonyl (C=O) groups excluding carboxylic acids is 3. The molecule has 0 bridgehead atoms. The van der Waals surface area contributed by atoms with E-state index in [0.717, 1.165) is 16.8 Å². The second kappa shape index (κ2) is 15.7. The Morgan fingerprint density at radius 2 is 1.49 bits per heavy atom. The van der Waals surface area contributed by atoms with E-state index in [0.29, 0.717) is 43.9 Å². The van der Waals surface area contributed by atoms with Crippen LogP contribution in [0.2, 0.25) is 0 Å². The van der Waals surface area contributed by atoms with Crippen molar-refractivity contribution in [1.29, 1.82) is 0 Å². The van der Waals surface area contributed by atoms with Gasteiger partial charge in [0.05, 0.1) is 36.1 Å². The Labute approximate surface area is 241 Å². The number of benzene rings is 2. The maximum Gasteiger partial charge on any atom is 0.247 e. The maximum absolute atomic E-state index is 13.6. The molecule has 0 aliphatic rings. The summed E-state index contributed by atoms with van der Waals surface area (Å²) in [4.78, 5) is 40.8. The van der Waals surface area contributed by atoms with Crippen LogP contribution >= 0.6 is 0 Å². The summed E-state index contributed by atoms with van der Waals surface area (Å²) < 4.78 is 1.84. The summed E-state index contributed by atoms with van der Waals surface area (Å²) in [5.74, 6) is -1.28. The predicted molar refractivity (Wildman–Crippen MR) is 160 cm³/mol. The lowest BCUT2D eigenvalue weighted by Crippen LogP contribution is -2.52. The molecule has 0 aliphatic heterocycles. The van der Waals surface area contributed by atoms with Crippen molar-refractivity contribution in [1.82, 2.24) is 20.0 Å². The normalized spacial score (nSPS) is 12.4. The molecule has 3 amide bonds. The van der Waals surface area contributed by atoms with Crippen molar-refractivity contribution in [3.05, 3.63) is 83.2 Å². The molecule has 2 atom stereocenters. The molecule has 0 unspecified atom stereocenters. The van der Waals surface area contributed by atoms with Gasteiger partial charge in [-0.05, 0) is 37.8 Å². The van der Waals surface area contributed by atoms with Gasteiger partial charge in [0.15, 0.2) is 0 Å². The molecule has 3 aromatic rings. The van der Waals surface area contributed by atoms with Crippen LogP contribution in [0.15, 0.2) is 60.7 Å². The first-order valence-corrected chi connectivity index (χ1v) is 13.9. The topological polar surface area (TPSA) is 174 Å². The first kappa shape index (κ1) is 31.5.